The summed E-state index contributed by atoms with van der Waals surface area (Å²) in [4.78, 5) is 0. The Kier molecular flexibility index (Phi) is 11.4. The zero-order valence-electron chi connectivity index (χ0n) is 13.8. The predicted octanol–water partition coefficient (Wildman–Crippen LogP) is 5.32. The molecule has 1 aliphatic rings. The van der Waals surface area contributed by atoms with Crippen molar-refractivity contribution in [3.63, 3.8) is 0 Å². The van der Waals surface area contributed by atoms with Gasteiger partial charge in [-0.05, 0) is 25.2 Å². The minimum atomic E-state index is 0.565. The van der Waals surface area contributed by atoms with Gasteiger partial charge in [-0.3, -0.25) is 11.3 Å². The molecule has 2 nitrogen and oxygen atoms in total. The number of unbranched alkanes of at least 4 members (excludes halogenated alkanes) is 7. The molecule has 1 fully saturated rings. The molecule has 0 aliphatic heterocycles. The van der Waals surface area contributed by atoms with E-state index in [1.54, 1.807) is 0 Å². The van der Waals surface area contributed by atoms with E-state index in [4.69, 9.17) is 5.84 Å². The molecule has 120 valence electrons. The van der Waals surface area contributed by atoms with Gasteiger partial charge in [0.2, 0.25) is 0 Å². The first-order valence-corrected chi connectivity index (χ1v) is 9.33. The lowest BCUT2D eigenvalue weighted by Crippen LogP contribution is -2.35. The summed E-state index contributed by atoms with van der Waals surface area (Å²) in [6.45, 7) is 2.28. The van der Waals surface area contributed by atoms with Crippen LogP contribution < -0.4 is 11.3 Å². The normalized spacial score (nSPS) is 17.7. The number of nitrogens with one attached hydrogen (secondary N) is 1. The zero-order valence-corrected chi connectivity index (χ0v) is 13.8. The highest BCUT2D eigenvalue weighted by Gasteiger charge is 2.16. The van der Waals surface area contributed by atoms with Crippen LogP contribution in [0.5, 0.6) is 0 Å². The van der Waals surface area contributed by atoms with Crippen molar-refractivity contribution < 1.29 is 0 Å². The van der Waals surface area contributed by atoms with Gasteiger partial charge >= 0.3 is 0 Å². The maximum Gasteiger partial charge on any atom is 0.0210 e. The van der Waals surface area contributed by atoms with Gasteiger partial charge < -0.3 is 0 Å². The van der Waals surface area contributed by atoms with Gasteiger partial charge in [0.25, 0.3) is 0 Å². The summed E-state index contributed by atoms with van der Waals surface area (Å²) in [5.74, 6) is 6.71. The Morgan fingerprint density at radius 3 is 2.10 bits per heavy atom. The van der Waals surface area contributed by atoms with Crippen molar-refractivity contribution in [2.45, 2.75) is 109 Å². The van der Waals surface area contributed by atoms with Crippen LogP contribution in [0.15, 0.2) is 0 Å². The smallest absolute Gasteiger partial charge is 0.0210 e. The van der Waals surface area contributed by atoms with Crippen molar-refractivity contribution in [1.29, 1.82) is 0 Å². The monoisotopic (exact) mass is 282 g/mol. The molecule has 1 unspecified atom stereocenters. The van der Waals surface area contributed by atoms with Crippen molar-refractivity contribution in [2.24, 2.45) is 11.8 Å². The van der Waals surface area contributed by atoms with Crippen LogP contribution in [-0.2, 0) is 0 Å². The molecule has 3 N–H and O–H groups in total. The number of hydrazine groups is 1. The summed E-state index contributed by atoms with van der Waals surface area (Å²) in [5, 5.41) is 0. The van der Waals surface area contributed by atoms with Crippen LogP contribution in [0.2, 0.25) is 0 Å². The Morgan fingerprint density at radius 2 is 1.50 bits per heavy atom. The van der Waals surface area contributed by atoms with E-state index in [1.807, 2.05) is 0 Å². The third kappa shape index (κ3) is 8.97. The second-order valence-electron chi connectivity index (χ2n) is 6.85. The molecule has 0 saturated heterocycles. The molecule has 20 heavy (non-hydrogen) atoms. The van der Waals surface area contributed by atoms with Crippen LogP contribution in [0, 0.1) is 5.92 Å². The first-order chi connectivity index (χ1) is 9.86. The molecule has 1 aliphatic carbocycles. The summed E-state index contributed by atoms with van der Waals surface area (Å²) in [5.41, 5.74) is 3.04. The maximum atomic E-state index is 5.70. The lowest BCUT2D eigenvalue weighted by molar-refractivity contribution is 0.383. The SMILES string of the molecule is CCCCCCCCCCC(CCC1CCCC1)NN. The van der Waals surface area contributed by atoms with Crippen LogP contribution in [0.3, 0.4) is 0 Å². The van der Waals surface area contributed by atoms with E-state index < -0.39 is 0 Å². The Morgan fingerprint density at radius 1 is 0.900 bits per heavy atom. The Balaban J connectivity index is 1.89. The Labute approximate surface area is 127 Å². The van der Waals surface area contributed by atoms with Crippen molar-refractivity contribution in [1.82, 2.24) is 5.43 Å². The average molecular weight is 283 g/mol. The molecule has 0 heterocycles. The summed E-state index contributed by atoms with van der Waals surface area (Å²) >= 11 is 0. The van der Waals surface area contributed by atoms with Gasteiger partial charge in [-0.2, -0.15) is 0 Å². The van der Waals surface area contributed by atoms with Gasteiger partial charge in [0, 0.05) is 6.04 Å². The molecule has 0 aromatic rings. The van der Waals surface area contributed by atoms with E-state index in [9.17, 15) is 0 Å². The van der Waals surface area contributed by atoms with Gasteiger partial charge in [0.15, 0.2) is 0 Å². The second kappa shape index (κ2) is 12.6. The summed E-state index contributed by atoms with van der Waals surface area (Å²) in [7, 11) is 0. The van der Waals surface area contributed by atoms with E-state index in [1.165, 1.54) is 96.3 Å². The topological polar surface area (TPSA) is 38.0 Å². The molecule has 0 spiro atoms. The minimum absolute atomic E-state index is 0.565. The summed E-state index contributed by atoms with van der Waals surface area (Å²) in [6.07, 6.45) is 21.1. The second-order valence-corrected chi connectivity index (χ2v) is 6.85. The van der Waals surface area contributed by atoms with E-state index in [0.29, 0.717) is 6.04 Å². The molecule has 0 aromatic carbocycles. The average Bonchev–Trinajstić information content (AvgIpc) is 2.98. The van der Waals surface area contributed by atoms with Gasteiger partial charge in [-0.25, -0.2) is 0 Å². The van der Waals surface area contributed by atoms with Crippen LogP contribution >= 0.6 is 0 Å². The molecule has 1 saturated carbocycles. The molecule has 0 amide bonds. The fourth-order valence-electron chi connectivity index (χ4n) is 3.57. The fraction of sp³-hybridized carbons (Fsp3) is 1.00. The van der Waals surface area contributed by atoms with E-state index in [-0.39, 0.29) is 0 Å². The molecule has 2 heteroatoms. The molecule has 1 atom stereocenters. The van der Waals surface area contributed by atoms with Crippen LogP contribution in [0.4, 0.5) is 0 Å². The number of rotatable bonds is 13. The van der Waals surface area contributed by atoms with E-state index in [0.717, 1.165) is 5.92 Å². The van der Waals surface area contributed by atoms with E-state index in [2.05, 4.69) is 12.3 Å². The van der Waals surface area contributed by atoms with Crippen LogP contribution in [-0.4, -0.2) is 6.04 Å². The first kappa shape index (κ1) is 18.0. The predicted molar refractivity (Wildman–Crippen MR) is 89.5 cm³/mol. The highest BCUT2D eigenvalue weighted by molar-refractivity contribution is 4.71. The van der Waals surface area contributed by atoms with Gasteiger partial charge in [-0.15, -0.1) is 0 Å². The van der Waals surface area contributed by atoms with Crippen molar-refractivity contribution in [3.05, 3.63) is 0 Å². The maximum absolute atomic E-state index is 5.70. The Bertz CT molecular complexity index is 200. The van der Waals surface area contributed by atoms with Crippen LogP contribution in [0.1, 0.15) is 103 Å². The molecule has 0 aromatic heterocycles. The molecule has 0 radical (unpaired) electrons. The lowest BCUT2D eigenvalue weighted by Gasteiger charge is -2.18. The highest BCUT2D eigenvalue weighted by atomic mass is 15.2. The number of hydrogen-bond donors (Lipinski definition) is 2. The van der Waals surface area contributed by atoms with Gasteiger partial charge in [0.1, 0.15) is 0 Å². The van der Waals surface area contributed by atoms with Crippen molar-refractivity contribution in [2.75, 3.05) is 0 Å². The number of hydrogen-bond acceptors (Lipinski definition) is 2. The Hall–Kier alpha value is -0.0800. The zero-order chi connectivity index (χ0) is 14.5. The molecular weight excluding hydrogens is 244 g/mol. The van der Waals surface area contributed by atoms with Crippen LogP contribution in [0.25, 0.3) is 0 Å². The summed E-state index contributed by atoms with van der Waals surface area (Å²) < 4.78 is 0. The molecular formula is C18H38N2. The van der Waals surface area contributed by atoms with Gasteiger partial charge in [-0.1, -0.05) is 84.0 Å². The molecule has 1 rings (SSSR count). The first-order valence-electron chi connectivity index (χ1n) is 9.33. The standard InChI is InChI=1S/C18H38N2/c1-2-3-4-5-6-7-8-9-14-18(20-19)16-15-17-12-10-11-13-17/h17-18,20H,2-16,19H2,1H3. The van der Waals surface area contributed by atoms with Gasteiger partial charge in [0.05, 0.1) is 0 Å². The minimum Gasteiger partial charge on any atom is -0.271 e. The third-order valence-corrected chi connectivity index (χ3v) is 5.04. The largest absolute Gasteiger partial charge is 0.271 e. The highest BCUT2D eigenvalue weighted by Crippen LogP contribution is 2.29. The number of nitrogens with two attached hydrogens (primary N) is 1. The summed E-state index contributed by atoms with van der Waals surface area (Å²) in [6, 6.07) is 0.565. The quantitative estimate of drug-likeness (QED) is 0.272. The third-order valence-electron chi connectivity index (χ3n) is 5.04. The van der Waals surface area contributed by atoms with Crippen molar-refractivity contribution in [3.8, 4) is 0 Å². The van der Waals surface area contributed by atoms with E-state index >= 15 is 0 Å². The fourth-order valence-corrected chi connectivity index (χ4v) is 3.57. The molecule has 0 bridgehead atoms. The lowest BCUT2D eigenvalue weighted by atomic mass is 9.96. The van der Waals surface area contributed by atoms with Crippen molar-refractivity contribution >= 4 is 0 Å².